The zero-order valence-electron chi connectivity index (χ0n) is 19.6. The third kappa shape index (κ3) is 4.96. The van der Waals surface area contributed by atoms with Crippen LogP contribution < -0.4 is 10.3 Å². The van der Waals surface area contributed by atoms with Gasteiger partial charge in [-0.15, -0.1) is 0 Å². The Morgan fingerprint density at radius 1 is 1.11 bits per heavy atom. The molecule has 0 bridgehead atoms. The summed E-state index contributed by atoms with van der Waals surface area (Å²) in [6.07, 6.45) is -4.18. The highest BCUT2D eigenvalue weighted by atomic mass is 35.5. The summed E-state index contributed by atoms with van der Waals surface area (Å²) in [5.41, 5.74) is -4.69. The Labute approximate surface area is 208 Å². The molecule has 0 radical (unpaired) electrons. The Morgan fingerprint density at radius 3 is 2.25 bits per heavy atom. The van der Waals surface area contributed by atoms with Crippen molar-refractivity contribution in [2.24, 2.45) is 7.05 Å². The molecule has 0 fully saturated rings. The maximum absolute atomic E-state index is 14.3. The van der Waals surface area contributed by atoms with Crippen LogP contribution >= 0.6 is 11.6 Å². The first-order valence-corrected chi connectivity index (χ1v) is 10.9. The van der Waals surface area contributed by atoms with Crippen molar-refractivity contribution in [2.75, 3.05) is 7.11 Å². The van der Waals surface area contributed by atoms with Crippen molar-refractivity contribution in [1.29, 1.82) is 0 Å². The van der Waals surface area contributed by atoms with Crippen LogP contribution in [0.5, 0.6) is 11.5 Å². The van der Waals surface area contributed by atoms with Crippen LogP contribution in [-0.2, 0) is 17.4 Å². The van der Waals surface area contributed by atoms with Crippen LogP contribution in [0.15, 0.2) is 53.5 Å². The van der Waals surface area contributed by atoms with Gasteiger partial charge in [0, 0.05) is 41.4 Å². The zero-order valence-corrected chi connectivity index (χ0v) is 20.4. The number of methoxy groups -OCH3 is 1. The fourth-order valence-corrected chi connectivity index (χ4v) is 4.20. The van der Waals surface area contributed by atoms with Gasteiger partial charge >= 0.3 is 12.1 Å². The largest absolute Gasteiger partial charge is 0.465 e. The molecule has 11 heteroatoms. The lowest BCUT2D eigenvalue weighted by Gasteiger charge is -2.37. The lowest BCUT2D eigenvalue weighted by molar-refractivity contribution is -0.274. The van der Waals surface area contributed by atoms with Gasteiger partial charge in [-0.25, -0.2) is 9.18 Å². The number of pyridine rings is 1. The summed E-state index contributed by atoms with van der Waals surface area (Å²) in [4.78, 5) is 23.5. The number of hydrogen-bond donors (Lipinski definition) is 1. The smallest absolute Gasteiger partial charge is 0.422 e. The van der Waals surface area contributed by atoms with Crippen molar-refractivity contribution in [3.05, 3.63) is 92.1 Å². The Bertz CT molecular complexity index is 1350. The summed E-state index contributed by atoms with van der Waals surface area (Å²) in [5, 5.41) is 10.9. The van der Waals surface area contributed by atoms with Gasteiger partial charge in [0.25, 0.3) is 5.56 Å². The normalized spacial score (nSPS) is 14.2. The number of carbonyl (C=O) groups excluding carboxylic acids is 1. The van der Waals surface area contributed by atoms with Crippen LogP contribution in [0.3, 0.4) is 0 Å². The number of aliphatic hydroxyl groups is 1. The Hall–Kier alpha value is -3.37. The van der Waals surface area contributed by atoms with E-state index >= 15 is 0 Å². The van der Waals surface area contributed by atoms with E-state index in [9.17, 15) is 32.3 Å². The van der Waals surface area contributed by atoms with Gasteiger partial charge in [-0.3, -0.25) is 4.79 Å². The van der Waals surface area contributed by atoms with Gasteiger partial charge in [-0.2, -0.15) is 13.2 Å². The highest BCUT2D eigenvalue weighted by Gasteiger charge is 2.59. The van der Waals surface area contributed by atoms with Crippen LogP contribution in [0.2, 0.25) is 5.02 Å². The molecule has 0 spiro atoms. The lowest BCUT2D eigenvalue weighted by atomic mass is 9.78. The number of carbonyl (C=O) groups is 1. The van der Waals surface area contributed by atoms with Gasteiger partial charge in [0.15, 0.2) is 5.60 Å². The average molecular weight is 528 g/mol. The summed E-state index contributed by atoms with van der Waals surface area (Å²) in [6, 6.07) is 8.21. The second-order valence-corrected chi connectivity index (χ2v) is 8.64. The fraction of sp³-hybridized carbons (Fsp3) is 0.280. The maximum Gasteiger partial charge on any atom is 0.422 e. The fourth-order valence-electron chi connectivity index (χ4n) is 3.86. The zero-order chi connectivity index (χ0) is 27.0. The number of aromatic nitrogens is 1. The molecule has 0 aliphatic carbocycles. The topological polar surface area (TPSA) is 77.8 Å². The molecule has 1 aromatic heterocycles. The van der Waals surface area contributed by atoms with E-state index in [2.05, 4.69) is 4.74 Å². The number of esters is 1. The predicted molar refractivity (Wildman–Crippen MR) is 124 cm³/mol. The maximum atomic E-state index is 14.3. The van der Waals surface area contributed by atoms with Gasteiger partial charge in [0.05, 0.1) is 12.7 Å². The van der Waals surface area contributed by atoms with Gasteiger partial charge in [0.1, 0.15) is 17.3 Å². The summed E-state index contributed by atoms with van der Waals surface area (Å²) in [5.74, 6) is -3.27. The molecule has 3 aromatic rings. The quantitative estimate of drug-likeness (QED) is 0.333. The number of halogens is 5. The van der Waals surface area contributed by atoms with Gasteiger partial charge in [-0.05, 0) is 42.8 Å². The molecule has 2 atom stereocenters. The third-order valence-corrected chi connectivity index (χ3v) is 6.21. The van der Waals surface area contributed by atoms with E-state index < -0.39 is 40.6 Å². The summed E-state index contributed by atoms with van der Waals surface area (Å²) in [7, 11) is 2.40. The van der Waals surface area contributed by atoms with E-state index in [4.69, 9.17) is 16.3 Å². The minimum Gasteiger partial charge on any atom is -0.465 e. The lowest BCUT2D eigenvalue weighted by Crippen LogP contribution is -2.47. The molecule has 2 aromatic carbocycles. The Morgan fingerprint density at radius 2 is 1.72 bits per heavy atom. The molecular weight excluding hydrogens is 506 g/mol. The third-order valence-electron chi connectivity index (χ3n) is 5.88. The molecule has 3 rings (SSSR count). The van der Waals surface area contributed by atoms with E-state index in [-0.39, 0.29) is 33.2 Å². The van der Waals surface area contributed by atoms with E-state index in [0.717, 1.165) is 43.0 Å². The van der Waals surface area contributed by atoms with E-state index in [1.807, 2.05) is 0 Å². The van der Waals surface area contributed by atoms with Crippen LogP contribution in [0.1, 0.15) is 39.9 Å². The molecule has 36 heavy (non-hydrogen) atoms. The van der Waals surface area contributed by atoms with Crippen molar-refractivity contribution < 1.29 is 36.9 Å². The van der Waals surface area contributed by atoms with Crippen molar-refractivity contribution >= 4 is 17.6 Å². The highest BCUT2D eigenvalue weighted by molar-refractivity contribution is 6.31. The second kappa shape index (κ2) is 9.94. The number of aryl methyl sites for hydroxylation is 2. The van der Waals surface area contributed by atoms with Gasteiger partial charge < -0.3 is 19.1 Å². The predicted octanol–water partition coefficient (Wildman–Crippen LogP) is 5.62. The average Bonchev–Trinajstić information content (AvgIpc) is 2.80. The highest BCUT2D eigenvalue weighted by Crippen LogP contribution is 2.50. The molecule has 1 N–H and O–H groups in total. The number of rotatable bonds is 6. The summed E-state index contributed by atoms with van der Waals surface area (Å²) < 4.78 is 67.9. The van der Waals surface area contributed by atoms with Crippen molar-refractivity contribution in [1.82, 2.24) is 4.57 Å². The van der Waals surface area contributed by atoms with E-state index in [1.165, 1.54) is 38.2 Å². The number of benzene rings is 2. The molecular formula is C25H22ClF4NO5. The van der Waals surface area contributed by atoms with Crippen LogP contribution in [0.25, 0.3) is 0 Å². The molecule has 0 saturated carbocycles. The molecule has 1 heterocycles. The van der Waals surface area contributed by atoms with Crippen LogP contribution in [0.4, 0.5) is 17.6 Å². The second-order valence-electron chi connectivity index (χ2n) is 8.23. The Kier molecular flexibility index (Phi) is 7.52. The summed E-state index contributed by atoms with van der Waals surface area (Å²) in [6.45, 7) is 2.52. The van der Waals surface area contributed by atoms with E-state index in [1.54, 1.807) is 0 Å². The molecule has 0 unspecified atom stereocenters. The van der Waals surface area contributed by atoms with Crippen molar-refractivity contribution in [3.8, 4) is 11.5 Å². The van der Waals surface area contributed by atoms with Crippen LogP contribution in [-0.4, -0.2) is 28.9 Å². The van der Waals surface area contributed by atoms with Crippen LogP contribution in [0, 0.1) is 12.7 Å². The molecule has 0 amide bonds. The number of alkyl halides is 3. The molecule has 0 aliphatic rings. The summed E-state index contributed by atoms with van der Waals surface area (Å²) >= 11 is 6.29. The van der Waals surface area contributed by atoms with E-state index in [0.29, 0.717) is 0 Å². The minimum atomic E-state index is -5.12. The Balaban J connectivity index is 1.98. The first-order chi connectivity index (χ1) is 16.7. The molecule has 0 aliphatic heterocycles. The first-order valence-electron chi connectivity index (χ1n) is 10.5. The number of hydrogen-bond acceptors (Lipinski definition) is 5. The van der Waals surface area contributed by atoms with Gasteiger partial charge in [-0.1, -0.05) is 24.6 Å². The standard InChI is InChI=1S/C25H22ClF4NO5/c1-13-9-15(12-31(3)22(13)32)24(34,25(28,29)30)14(2)18-7-5-16(10-20(18)26)36-17-6-8-19(21(27)11-17)23(33)35-4/h5-12,14,34H,1-4H3/t14-,24-/m0/s1. The monoisotopic (exact) mass is 527 g/mol. The SMILES string of the molecule is COC(=O)c1ccc(Oc2ccc([C@H](C)[C@](O)(c3cc(C)c(=O)n(C)c3)C(F)(F)F)c(Cl)c2)cc1F. The van der Waals surface area contributed by atoms with Crippen molar-refractivity contribution in [2.45, 2.75) is 31.5 Å². The molecule has 6 nitrogen and oxygen atoms in total. The van der Waals surface area contributed by atoms with Gasteiger partial charge in [0.2, 0.25) is 0 Å². The molecule has 0 saturated heterocycles. The number of ether oxygens (including phenoxy) is 2. The number of nitrogens with zero attached hydrogens (tertiary/aromatic N) is 1. The molecule has 192 valence electrons. The first kappa shape index (κ1) is 27.2. The minimum absolute atomic E-state index is 0.00416. The van der Waals surface area contributed by atoms with Crippen molar-refractivity contribution in [3.63, 3.8) is 0 Å².